The first-order valence-corrected chi connectivity index (χ1v) is 28.8. The van der Waals surface area contributed by atoms with Crippen molar-refractivity contribution < 1.29 is 0 Å². The molecule has 0 N–H and O–H groups in total. The van der Waals surface area contributed by atoms with Gasteiger partial charge in [0, 0.05) is 43.8 Å². The van der Waals surface area contributed by atoms with E-state index in [1.165, 1.54) is 66.0 Å². The van der Waals surface area contributed by atoms with E-state index in [0.29, 0.717) is 17.5 Å². The van der Waals surface area contributed by atoms with Gasteiger partial charge in [-0.25, -0.2) is 15.0 Å². The predicted molar refractivity (Wildman–Crippen MR) is 342 cm³/mol. The van der Waals surface area contributed by atoms with Gasteiger partial charge in [0.15, 0.2) is 17.5 Å². The molecule has 0 spiro atoms. The molecule has 0 aliphatic rings. The van der Waals surface area contributed by atoms with E-state index in [1.54, 1.807) is 0 Å². The fraction of sp³-hybridized carbons (Fsp3) is 0.320. The average Bonchev–Trinajstić information content (AvgIpc) is 3.98. The maximum absolute atomic E-state index is 5.74. The molecular weight excluding hydrogens is 971 g/mol. The highest BCUT2D eigenvalue weighted by atomic mass is 15.1. The molecule has 0 radical (unpaired) electrons. The van der Waals surface area contributed by atoms with Crippen molar-refractivity contribution in [3.05, 3.63) is 197 Å². The van der Waals surface area contributed by atoms with E-state index in [9.17, 15) is 0 Å². The van der Waals surface area contributed by atoms with E-state index in [4.69, 9.17) is 15.0 Å². The average molecular weight is 1050 g/mol. The second-order valence-electron chi connectivity index (χ2n) is 28.8. The minimum absolute atomic E-state index is 0.00198. The van der Waals surface area contributed by atoms with Crippen molar-refractivity contribution in [1.29, 1.82) is 0 Å². The van der Waals surface area contributed by atoms with Crippen LogP contribution in [-0.4, -0.2) is 24.1 Å². The Morgan fingerprint density at radius 3 is 1.01 bits per heavy atom. The van der Waals surface area contributed by atoms with Gasteiger partial charge < -0.3 is 9.13 Å². The van der Waals surface area contributed by atoms with E-state index < -0.39 is 0 Å². The Morgan fingerprint density at radius 1 is 0.250 bits per heavy atom. The first-order valence-electron chi connectivity index (χ1n) is 28.8. The van der Waals surface area contributed by atoms with Gasteiger partial charge in [-0.1, -0.05) is 210 Å². The summed E-state index contributed by atoms with van der Waals surface area (Å²) < 4.78 is 4.91. The van der Waals surface area contributed by atoms with Crippen molar-refractivity contribution in [3.63, 3.8) is 0 Å². The lowest BCUT2D eigenvalue weighted by Gasteiger charge is -2.26. The summed E-state index contributed by atoms with van der Waals surface area (Å²) >= 11 is 0. The molecular formula is C75H81N5. The van der Waals surface area contributed by atoms with E-state index in [-0.39, 0.29) is 32.5 Å². The van der Waals surface area contributed by atoms with Crippen LogP contribution in [0.5, 0.6) is 0 Å². The van der Waals surface area contributed by atoms with Gasteiger partial charge in [0.2, 0.25) is 0 Å². The number of benzene rings is 8. The van der Waals surface area contributed by atoms with E-state index in [2.05, 4.69) is 298 Å². The zero-order valence-electron chi connectivity index (χ0n) is 50.8. The summed E-state index contributed by atoms with van der Waals surface area (Å²) in [6.45, 7) is 41.3. The summed E-state index contributed by atoms with van der Waals surface area (Å²) in [5.41, 5.74) is 18.8. The standard InChI is InChI=1S/C75H81N5/c1-70(2,3)49-32-35-64-58(44-49)56-26-20-23-29-62(56)79(64)61-28-22-19-25-55(61)46-31-34-66(80-63-30-24-21-27-57(63)59-45-50(71(4,5)6)33-36-65(59)80)60(41-46)69-77-67(47-37-51(72(7,8)9)42-52(38-47)73(10,11)12)76-68(78-69)48-39-53(74(13,14)15)43-54(40-48)75(16,17)18/h19-45H,1-18H3. The molecule has 0 saturated carbocycles. The topological polar surface area (TPSA) is 48.5 Å². The third kappa shape index (κ3) is 9.96. The lowest BCUT2D eigenvalue weighted by Crippen LogP contribution is -2.17. The molecule has 0 unspecified atom stereocenters. The second kappa shape index (κ2) is 19.0. The Bertz CT molecular complexity index is 4070. The lowest BCUT2D eigenvalue weighted by molar-refractivity contribution is 0.568. The highest BCUT2D eigenvalue weighted by molar-refractivity contribution is 6.11. The van der Waals surface area contributed by atoms with Crippen molar-refractivity contribution in [2.45, 2.75) is 157 Å². The highest BCUT2D eigenvalue weighted by Gasteiger charge is 2.28. The highest BCUT2D eigenvalue weighted by Crippen LogP contribution is 2.44. The third-order valence-electron chi connectivity index (χ3n) is 16.5. The van der Waals surface area contributed by atoms with Crippen LogP contribution in [0.4, 0.5) is 0 Å². The summed E-state index contributed by atoms with van der Waals surface area (Å²) in [5.74, 6) is 1.91. The molecule has 0 bridgehead atoms. The second-order valence-corrected chi connectivity index (χ2v) is 28.8. The van der Waals surface area contributed by atoms with E-state index in [0.717, 1.165) is 50.2 Å². The van der Waals surface area contributed by atoms with Crippen LogP contribution in [0, 0.1) is 0 Å². The van der Waals surface area contributed by atoms with E-state index >= 15 is 0 Å². The molecule has 0 aliphatic heterocycles. The zero-order valence-corrected chi connectivity index (χ0v) is 50.8. The Hall–Kier alpha value is -7.63. The van der Waals surface area contributed by atoms with Gasteiger partial charge in [0.1, 0.15) is 0 Å². The Labute approximate surface area is 476 Å². The maximum Gasteiger partial charge on any atom is 0.166 e. The number of para-hydroxylation sites is 3. The summed E-state index contributed by atoms with van der Waals surface area (Å²) in [4.78, 5) is 17.1. The predicted octanol–water partition coefficient (Wildman–Crippen LogP) is 20.5. The van der Waals surface area contributed by atoms with Crippen LogP contribution in [0.2, 0.25) is 0 Å². The normalized spacial score (nSPS) is 13.1. The Kier molecular flexibility index (Phi) is 12.9. The van der Waals surface area contributed by atoms with Crippen LogP contribution >= 0.6 is 0 Å². The Balaban J connectivity index is 1.26. The van der Waals surface area contributed by atoms with Crippen LogP contribution in [-0.2, 0) is 32.5 Å². The van der Waals surface area contributed by atoms with Gasteiger partial charge in [0.25, 0.3) is 0 Å². The summed E-state index contributed by atoms with van der Waals surface area (Å²) in [5, 5.41) is 4.91. The van der Waals surface area contributed by atoms with Crippen LogP contribution < -0.4 is 0 Å². The zero-order chi connectivity index (χ0) is 57.2. The molecule has 3 aromatic heterocycles. The smallest absolute Gasteiger partial charge is 0.166 e. The number of fused-ring (bicyclic) bond motifs is 6. The van der Waals surface area contributed by atoms with Gasteiger partial charge in [-0.3, -0.25) is 0 Å². The van der Waals surface area contributed by atoms with Gasteiger partial charge in [-0.15, -0.1) is 0 Å². The number of rotatable bonds is 6. The van der Waals surface area contributed by atoms with Crippen LogP contribution in [0.25, 0.3) is 100 Å². The summed E-state index contributed by atoms with van der Waals surface area (Å²) in [6, 6.07) is 61.6. The molecule has 0 saturated heterocycles. The monoisotopic (exact) mass is 1050 g/mol. The van der Waals surface area contributed by atoms with Crippen LogP contribution in [0.1, 0.15) is 158 Å². The maximum atomic E-state index is 5.74. The van der Waals surface area contributed by atoms with Crippen molar-refractivity contribution in [2.75, 3.05) is 0 Å². The fourth-order valence-electron chi connectivity index (χ4n) is 11.4. The summed E-state index contributed by atoms with van der Waals surface area (Å²) in [7, 11) is 0. The number of aromatic nitrogens is 5. The molecule has 8 aromatic carbocycles. The minimum Gasteiger partial charge on any atom is -0.309 e. The fourth-order valence-corrected chi connectivity index (χ4v) is 11.4. The summed E-state index contributed by atoms with van der Waals surface area (Å²) in [6.07, 6.45) is 0. The van der Waals surface area contributed by atoms with Crippen molar-refractivity contribution >= 4 is 43.6 Å². The lowest BCUT2D eigenvalue weighted by atomic mass is 9.79. The first kappa shape index (κ1) is 54.3. The molecule has 0 aliphatic carbocycles. The van der Waals surface area contributed by atoms with Crippen molar-refractivity contribution in [2.24, 2.45) is 0 Å². The first-order chi connectivity index (χ1) is 37.4. The van der Waals surface area contributed by atoms with Gasteiger partial charge in [-0.2, -0.15) is 0 Å². The van der Waals surface area contributed by atoms with Crippen LogP contribution in [0.15, 0.2) is 164 Å². The molecule has 11 rings (SSSR count). The van der Waals surface area contributed by atoms with Crippen LogP contribution in [0.3, 0.4) is 0 Å². The molecule has 5 nitrogen and oxygen atoms in total. The van der Waals surface area contributed by atoms with Crippen molar-refractivity contribution in [3.8, 4) is 56.7 Å². The number of hydrogen-bond acceptors (Lipinski definition) is 3. The molecule has 406 valence electrons. The molecule has 5 heteroatoms. The van der Waals surface area contributed by atoms with Gasteiger partial charge in [0.05, 0.1) is 33.4 Å². The molecule has 0 amide bonds. The largest absolute Gasteiger partial charge is 0.309 e. The molecule has 3 heterocycles. The number of nitrogens with zero attached hydrogens (tertiary/aromatic N) is 5. The quantitative estimate of drug-likeness (QED) is 0.167. The van der Waals surface area contributed by atoms with Crippen molar-refractivity contribution in [1.82, 2.24) is 24.1 Å². The number of hydrogen-bond donors (Lipinski definition) is 0. The molecule has 0 fully saturated rings. The molecule has 11 aromatic rings. The molecule has 80 heavy (non-hydrogen) atoms. The SMILES string of the molecule is CC(C)(C)c1cc(-c2nc(-c3cc(C(C)(C)C)cc(C(C)(C)C)c3)nc(-c3cc(-c4ccccc4-n4c5ccccc5c5cc(C(C)(C)C)ccc54)ccc3-n3c4ccccc4c4cc(C(C)(C)C)ccc43)n2)cc(C(C)(C)C)c1. The Morgan fingerprint density at radius 2 is 0.600 bits per heavy atom. The van der Waals surface area contributed by atoms with Gasteiger partial charge in [-0.05, 0) is 150 Å². The third-order valence-corrected chi connectivity index (χ3v) is 16.5. The van der Waals surface area contributed by atoms with E-state index in [1.807, 2.05) is 0 Å². The van der Waals surface area contributed by atoms with Gasteiger partial charge >= 0.3 is 0 Å². The molecule has 0 atom stereocenters. The minimum atomic E-state index is -0.124.